The van der Waals surface area contributed by atoms with E-state index in [2.05, 4.69) is 146 Å². The van der Waals surface area contributed by atoms with E-state index in [-0.39, 0.29) is 0 Å². The van der Waals surface area contributed by atoms with Crippen LogP contribution in [0.25, 0.3) is 76.1 Å². The summed E-state index contributed by atoms with van der Waals surface area (Å²) in [7, 11) is 0. The van der Waals surface area contributed by atoms with Gasteiger partial charge in [-0.25, -0.2) is 0 Å². The molecule has 0 fully saturated rings. The highest BCUT2D eigenvalue weighted by molar-refractivity contribution is 6.26. The summed E-state index contributed by atoms with van der Waals surface area (Å²) in [4.78, 5) is 0. The molecule has 8 aromatic carbocycles. The van der Waals surface area contributed by atoms with Gasteiger partial charge in [0.15, 0.2) is 0 Å². The third-order valence-electron chi connectivity index (χ3n) is 7.99. The molecular weight excluding hydrogens is 456 g/mol. The molecule has 0 bridgehead atoms. The zero-order valence-corrected chi connectivity index (χ0v) is 20.9. The van der Waals surface area contributed by atoms with Crippen LogP contribution in [0.5, 0.6) is 0 Å². The van der Waals surface area contributed by atoms with Gasteiger partial charge in [0, 0.05) is 0 Å². The van der Waals surface area contributed by atoms with Crippen molar-refractivity contribution in [3.8, 4) is 22.3 Å². The lowest BCUT2D eigenvalue weighted by Gasteiger charge is -2.19. The maximum atomic E-state index is 2.42. The zero-order valence-electron chi connectivity index (χ0n) is 20.9. The van der Waals surface area contributed by atoms with Crippen LogP contribution in [0, 0.1) is 0 Å². The molecule has 0 saturated heterocycles. The topological polar surface area (TPSA) is 0 Å². The van der Waals surface area contributed by atoms with Crippen molar-refractivity contribution in [3.05, 3.63) is 146 Å². The fourth-order valence-corrected chi connectivity index (χ4v) is 6.34. The fourth-order valence-electron chi connectivity index (χ4n) is 6.34. The Hall–Kier alpha value is -4.94. The molecule has 8 rings (SSSR count). The molecule has 0 N–H and O–H groups in total. The Kier molecular flexibility index (Phi) is 4.62. The van der Waals surface area contributed by atoms with Crippen LogP contribution in [-0.2, 0) is 0 Å². The molecular formula is C38H24. The lowest BCUT2D eigenvalue weighted by Crippen LogP contribution is -1.92. The molecule has 0 radical (unpaired) electrons. The van der Waals surface area contributed by atoms with E-state index < -0.39 is 0 Å². The smallest absolute Gasteiger partial charge is 0.00199 e. The molecule has 0 heterocycles. The number of hydrogen-bond donors (Lipinski definition) is 0. The zero-order chi connectivity index (χ0) is 25.1. The van der Waals surface area contributed by atoms with Crippen LogP contribution in [0.15, 0.2) is 146 Å². The third kappa shape index (κ3) is 3.11. The average molecular weight is 481 g/mol. The van der Waals surface area contributed by atoms with Crippen LogP contribution >= 0.6 is 0 Å². The standard InChI is InChI=1S/C38H24/c1-2-12-25(13-3-1)37-31-18-8-10-20-33(31)38(34-21-11-9-19-32(34)37)36-24-28-22-26-14-4-5-15-27(26)23-35(28)29-16-6-7-17-30(29)36/h1-24H. The van der Waals surface area contributed by atoms with Gasteiger partial charge >= 0.3 is 0 Å². The fraction of sp³-hybridized carbons (Fsp3) is 0. The average Bonchev–Trinajstić information content (AvgIpc) is 2.99. The molecule has 38 heavy (non-hydrogen) atoms. The van der Waals surface area contributed by atoms with E-state index in [9.17, 15) is 0 Å². The molecule has 8 aromatic rings. The van der Waals surface area contributed by atoms with Gasteiger partial charge in [0.05, 0.1) is 0 Å². The minimum Gasteiger partial charge on any atom is -0.0622 e. The summed E-state index contributed by atoms with van der Waals surface area (Å²) >= 11 is 0. The Balaban J connectivity index is 1.58. The van der Waals surface area contributed by atoms with Crippen molar-refractivity contribution >= 4 is 53.9 Å². The van der Waals surface area contributed by atoms with Crippen LogP contribution in [0.2, 0.25) is 0 Å². The Labute approximate surface area is 221 Å². The molecule has 0 aliphatic rings. The van der Waals surface area contributed by atoms with Crippen molar-refractivity contribution in [3.63, 3.8) is 0 Å². The summed E-state index contributed by atoms with van der Waals surface area (Å²) in [5, 5.41) is 12.9. The van der Waals surface area contributed by atoms with E-state index in [1.165, 1.54) is 76.1 Å². The number of benzene rings is 8. The van der Waals surface area contributed by atoms with Crippen LogP contribution < -0.4 is 0 Å². The van der Waals surface area contributed by atoms with Gasteiger partial charge in [0.1, 0.15) is 0 Å². The second kappa shape index (κ2) is 8.30. The van der Waals surface area contributed by atoms with E-state index in [0.717, 1.165) is 0 Å². The predicted molar refractivity (Wildman–Crippen MR) is 165 cm³/mol. The van der Waals surface area contributed by atoms with Gasteiger partial charge in [0.25, 0.3) is 0 Å². The van der Waals surface area contributed by atoms with Gasteiger partial charge < -0.3 is 0 Å². The predicted octanol–water partition coefficient (Wildman–Crippen LogP) is 10.8. The monoisotopic (exact) mass is 480 g/mol. The van der Waals surface area contributed by atoms with E-state index in [1.807, 2.05) is 0 Å². The van der Waals surface area contributed by atoms with Gasteiger partial charge in [-0.3, -0.25) is 0 Å². The highest BCUT2D eigenvalue weighted by atomic mass is 14.2. The van der Waals surface area contributed by atoms with Gasteiger partial charge in [-0.15, -0.1) is 0 Å². The first-order valence-corrected chi connectivity index (χ1v) is 13.2. The summed E-state index contributed by atoms with van der Waals surface area (Å²) in [5.74, 6) is 0. The Bertz CT molecular complexity index is 2110. The minimum absolute atomic E-state index is 1.25. The Morgan fingerprint density at radius 1 is 0.263 bits per heavy atom. The maximum absolute atomic E-state index is 2.42. The SMILES string of the molecule is c1ccc(-c2c3ccccc3c(-c3cc4cc5ccccc5cc4c4ccccc34)c3ccccc23)cc1. The molecule has 0 nitrogen and oxygen atoms in total. The molecule has 0 heteroatoms. The lowest BCUT2D eigenvalue weighted by molar-refractivity contribution is 1.67. The number of rotatable bonds is 2. The van der Waals surface area contributed by atoms with Gasteiger partial charge in [-0.1, -0.05) is 127 Å². The lowest BCUT2D eigenvalue weighted by atomic mass is 9.83. The Morgan fingerprint density at radius 3 is 1.37 bits per heavy atom. The van der Waals surface area contributed by atoms with Gasteiger partial charge in [0.2, 0.25) is 0 Å². The summed E-state index contributed by atoms with van der Waals surface area (Å²) in [5.41, 5.74) is 5.15. The first-order chi connectivity index (χ1) is 18.9. The summed E-state index contributed by atoms with van der Waals surface area (Å²) in [6, 6.07) is 53.3. The minimum atomic E-state index is 1.25. The van der Waals surface area contributed by atoms with Crippen molar-refractivity contribution in [2.45, 2.75) is 0 Å². The van der Waals surface area contributed by atoms with Crippen LogP contribution in [0.1, 0.15) is 0 Å². The van der Waals surface area contributed by atoms with Gasteiger partial charge in [-0.2, -0.15) is 0 Å². The third-order valence-corrected chi connectivity index (χ3v) is 7.99. The normalized spacial score (nSPS) is 11.7. The molecule has 0 saturated carbocycles. The van der Waals surface area contributed by atoms with Gasteiger partial charge in [-0.05, 0) is 94.3 Å². The molecule has 0 spiro atoms. The first-order valence-electron chi connectivity index (χ1n) is 13.2. The highest BCUT2D eigenvalue weighted by Crippen LogP contribution is 2.46. The summed E-state index contributed by atoms with van der Waals surface area (Å²) in [6.45, 7) is 0. The molecule has 0 aromatic heterocycles. The van der Waals surface area contributed by atoms with Crippen molar-refractivity contribution in [2.24, 2.45) is 0 Å². The van der Waals surface area contributed by atoms with E-state index in [0.29, 0.717) is 0 Å². The van der Waals surface area contributed by atoms with Crippen molar-refractivity contribution < 1.29 is 0 Å². The van der Waals surface area contributed by atoms with Crippen LogP contribution in [-0.4, -0.2) is 0 Å². The first kappa shape index (κ1) is 21.2. The quantitative estimate of drug-likeness (QED) is 0.170. The summed E-state index contributed by atoms with van der Waals surface area (Å²) in [6.07, 6.45) is 0. The number of hydrogen-bond acceptors (Lipinski definition) is 0. The molecule has 0 amide bonds. The number of fused-ring (bicyclic) bond motifs is 6. The van der Waals surface area contributed by atoms with E-state index >= 15 is 0 Å². The molecule has 0 atom stereocenters. The van der Waals surface area contributed by atoms with E-state index in [1.54, 1.807) is 0 Å². The summed E-state index contributed by atoms with van der Waals surface area (Å²) < 4.78 is 0. The van der Waals surface area contributed by atoms with Crippen molar-refractivity contribution in [2.75, 3.05) is 0 Å². The highest BCUT2D eigenvalue weighted by Gasteiger charge is 2.18. The second-order valence-corrected chi connectivity index (χ2v) is 10.1. The maximum Gasteiger partial charge on any atom is -0.00199 e. The Morgan fingerprint density at radius 2 is 0.737 bits per heavy atom. The molecule has 176 valence electrons. The van der Waals surface area contributed by atoms with Crippen molar-refractivity contribution in [1.29, 1.82) is 0 Å². The van der Waals surface area contributed by atoms with Crippen molar-refractivity contribution in [1.82, 2.24) is 0 Å². The molecule has 0 aliphatic heterocycles. The van der Waals surface area contributed by atoms with Crippen LogP contribution in [0.4, 0.5) is 0 Å². The van der Waals surface area contributed by atoms with Crippen LogP contribution in [0.3, 0.4) is 0 Å². The van der Waals surface area contributed by atoms with E-state index in [4.69, 9.17) is 0 Å². The largest absolute Gasteiger partial charge is 0.0622 e. The molecule has 0 unspecified atom stereocenters. The second-order valence-electron chi connectivity index (χ2n) is 10.1. The molecule has 0 aliphatic carbocycles.